The first-order chi connectivity index (χ1) is 13.4. The van der Waals surface area contributed by atoms with Gasteiger partial charge in [-0.3, -0.25) is 4.18 Å². The average molecular weight is 421 g/mol. The summed E-state index contributed by atoms with van der Waals surface area (Å²) in [5, 5.41) is 0. The van der Waals surface area contributed by atoms with Gasteiger partial charge in [-0.25, -0.2) is 4.79 Å². The van der Waals surface area contributed by atoms with E-state index < -0.39 is 27.8 Å². The lowest BCUT2D eigenvalue weighted by Gasteiger charge is -2.35. The van der Waals surface area contributed by atoms with Crippen LogP contribution in [0.1, 0.15) is 47.5 Å². The molecule has 0 bridgehead atoms. The number of allylic oxidation sites excluding steroid dienone is 4. The van der Waals surface area contributed by atoms with Gasteiger partial charge in [-0.1, -0.05) is 52.2 Å². The Morgan fingerprint density at radius 3 is 2.41 bits per heavy atom. The Balaban J connectivity index is 1.82. The van der Waals surface area contributed by atoms with Gasteiger partial charge in [0.2, 0.25) is 0 Å². The lowest BCUT2D eigenvalue weighted by Crippen LogP contribution is -2.47. The number of rotatable bonds is 8. The van der Waals surface area contributed by atoms with Crippen LogP contribution in [0.4, 0.5) is 0 Å². The van der Waals surface area contributed by atoms with Crippen molar-refractivity contribution in [1.82, 2.24) is 0 Å². The maximum absolute atomic E-state index is 12.9. The van der Waals surface area contributed by atoms with Crippen LogP contribution in [0.3, 0.4) is 0 Å². The second kappa shape index (κ2) is 7.24. The summed E-state index contributed by atoms with van der Waals surface area (Å²) >= 11 is 0. The molecule has 0 amide bonds. The SMILES string of the molecule is C=C(C)C(=O)OC1(C)C(OS(=O)(=O)C(=C)/C=C\C=C/C(C)C)C2CC3CC32C1C. The van der Waals surface area contributed by atoms with Crippen molar-refractivity contribution in [2.45, 2.75) is 59.2 Å². The van der Waals surface area contributed by atoms with E-state index in [0.717, 1.165) is 12.8 Å². The Kier molecular flexibility index (Phi) is 5.50. The number of carbonyl (C=O) groups excluding carboxylic acids is 1. The van der Waals surface area contributed by atoms with Crippen molar-refractivity contribution >= 4 is 16.1 Å². The van der Waals surface area contributed by atoms with Crippen molar-refractivity contribution in [3.8, 4) is 0 Å². The van der Waals surface area contributed by atoms with E-state index in [2.05, 4.69) is 13.2 Å². The first-order valence-corrected chi connectivity index (χ1v) is 11.6. The molecule has 5 nitrogen and oxygen atoms in total. The fourth-order valence-electron chi connectivity index (χ4n) is 5.25. The molecule has 3 saturated carbocycles. The third-order valence-electron chi connectivity index (χ3n) is 7.13. The van der Waals surface area contributed by atoms with E-state index >= 15 is 0 Å². The number of hydrogen-bond acceptors (Lipinski definition) is 5. The van der Waals surface area contributed by atoms with Crippen molar-refractivity contribution in [3.63, 3.8) is 0 Å². The average Bonchev–Trinajstić information content (AvgIpc) is 3.17. The van der Waals surface area contributed by atoms with E-state index in [0.29, 0.717) is 11.8 Å². The third-order valence-corrected chi connectivity index (χ3v) is 8.37. The molecule has 0 aromatic rings. The maximum atomic E-state index is 12.9. The number of ether oxygens (including phenoxy) is 1. The molecular formula is C23H32O5S. The predicted octanol–water partition coefficient (Wildman–Crippen LogP) is 4.54. The molecule has 0 aromatic carbocycles. The molecule has 0 radical (unpaired) electrons. The van der Waals surface area contributed by atoms with Crippen LogP contribution in [-0.4, -0.2) is 26.1 Å². The number of hydrogen-bond donors (Lipinski definition) is 0. The lowest BCUT2D eigenvalue weighted by atomic mass is 9.71. The van der Waals surface area contributed by atoms with Gasteiger partial charge in [0.15, 0.2) is 0 Å². The highest BCUT2D eigenvalue weighted by Gasteiger charge is 2.82. The summed E-state index contributed by atoms with van der Waals surface area (Å²) in [5.41, 5.74) is -0.712. The molecule has 0 saturated heterocycles. The van der Waals surface area contributed by atoms with Crippen LogP contribution < -0.4 is 0 Å². The quantitative estimate of drug-likeness (QED) is 0.250. The summed E-state index contributed by atoms with van der Waals surface area (Å²) < 4.78 is 37.3. The van der Waals surface area contributed by atoms with Crippen molar-refractivity contribution in [1.29, 1.82) is 0 Å². The molecule has 6 unspecified atom stereocenters. The van der Waals surface area contributed by atoms with E-state index in [4.69, 9.17) is 8.92 Å². The molecule has 0 heterocycles. The van der Waals surface area contributed by atoms with Crippen LogP contribution in [0, 0.1) is 29.1 Å². The minimum absolute atomic E-state index is 0.0139. The molecule has 29 heavy (non-hydrogen) atoms. The van der Waals surface area contributed by atoms with Crippen LogP contribution >= 0.6 is 0 Å². The highest BCUT2D eigenvalue weighted by molar-refractivity contribution is 7.90. The molecule has 160 valence electrons. The van der Waals surface area contributed by atoms with Crippen molar-refractivity contribution in [2.24, 2.45) is 29.1 Å². The van der Waals surface area contributed by atoms with Crippen molar-refractivity contribution in [3.05, 3.63) is 47.9 Å². The number of esters is 1. The summed E-state index contributed by atoms with van der Waals surface area (Å²) in [5.74, 6) is 0.507. The molecule has 3 fully saturated rings. The molecule has 0 N–H and O–H groups in total. The summed E-state index contributed by atoms with van der Waals surface area (Å²) in [6, 6.07) is 0. The fraction of sp³-hybridized carbons (Fsp3) is 0.609. The molecule has 6 atom stereocenters. The Labute approximate surface area is 174 Å². The Bertz CT molecular complexity index is 896. The van der Waals surface area contributed by atoms with Crippen LogP contribution in [0.5, 0.6) is 0 Å². The normalized spacial score (nSPS) is 38.0. The van der Waals surface area contributed by atoms with Crippen LogP contribution in [0.25, 0.3) is 0 Å². The molecule has 1 spiro atoms. The standard InChI is InChI=1S/C23H32O5S/c1-14(2)10-8-9-11-16(5)29(25,26)28-20-19-12-18-13-23(18,19)17(6)22(20,7)27-21(24)15(3)4/h8-11,14,17-20H,3,5,12-13H2,1-2,4,6-7H3/b10-8-,11-9-. The van der Waals surface area contributed by atoms with Crippen LogP contribution in [0.15, 0.2) is 47.9 Å². The molecule has 3 aliphatic carbocycles. The highest BCUT2D eigenvalue weighted by Crippen LogP contribution is 2.82. The van der Waals surface area contributed by atoms with Gasteiger partial charge in [0.05, 0.1) is 4.91 Å². The highest BCUT2D eigenvalue weighted by atomic mass is 32.2. The van der Waals surface area contributed by atoms with Crippen LogP contribution in [0.2, 0.25) is 0 Å². The fourth-order valence-corrected chi connectivity index (χ4v) is 6.22. The first-order valence-electron chi connectivity index (χ1n) is 10.2. The zero-order chi connectivity index (χ0) is 21.8. The zero-order valence-electron chi connectivity index (χ0n) is 18.0. The van der Waals surface area contributed by atoms with Crippen molar-refractivity contribution in [2.75, 3.05) is 0 Å². The van der Waals surface area contributed by atoms with Crippen LogP contribution in [-0.2, 0) is 23.8 Å². The van der Waals surface area contributed by atoms with Gasteiger partial charge < -0.3 is 4.74 Å². The molecule has 3 rings (SSSR count). The second-order valence-electron chi connectivity index (χ2n) is 9.36. The predicted molar refractivity (Wildman–Crippen MR) is 113 cm³/mol. The van der Waals surface area contributed by atoms with Gasteiger partial charge >= 0.3 is 5.97 Å². The smallest absolute Gasteiger partial charge is 0.333 e. The van der Waals surface area contributed by atoms with Gasteiger partial charge in [0.25, 0.3) is 10.1 Å². The molecule has 0 aliphatic heterocycles. The minimum Gasteiger partial charge on any atom is -0.453 e. The molecular weight excluding hydrogens is 388 g/mol. The van der Waals surface area contributed by atoms with Gasteiger partial charge in [0.1, 0.15) is 11.7 Å². The third kappa shape index (κ3) is 3.55. The van der Waals surface area contributed by atoms with E-state index in [1.54, 1.807) is 26.0 Å². The Hall–Kier alpha value is -1.66. The maximum Gasteiger partial charge on any atom is 0.333 e. The van der Waals surface area contributed by atoms with E-state index in [1.807, 2.05) is 26.8 Å². The largest absolute Gasteiger partial charge is 0.453 e. The van der Waals surface area contributed by atoms with E-state index in [-0.39, 0.29) is 27.7 Å². The monoisotopic (exact) mass is 420 g/mol. The summed E-state index contributed by atoms with van der Waals surface area (Å²) in [7, 11) is -4.05. The summed E-state index contributed by atoms with van der Waals surface area (Å²) in [6.45, 7) is 16.8. The Morgan fingerprint density at radius 1 is 1.24 bits per heavy atom. The van der Waals surface area contributed by atoms with E-state index in [1.165, 1.54) is 6.08 Å². The minimum atomic E-state index is -4.05. The summed E-state index contributed by atoms with van der Waals surface area (Å²) in [6.07, 6.45) is 8.04. The van der Waals surface area contributed by atoms with E-state index in [9.17, 15) is 13.2 Å². The van der Waals surface area contributed by atoms with Gasteiger partial charge in [0, 0.05) is 11.5 Å². The first kappa shape index (κ1) is 22.0. The summed E-state index contributed by atoms with van der Waals surface area (Å²) in [4.78, 5) is 12.2. The van der Waals surface area contributed by atoms with Crippen molar-refractivity contribution < 1.29 is 22.1 Å². The zero-order valence-corrected chi connectivity index (χ0v) is 18.8. The van der Waals surface area contributed by atoms with Gasteiger partial charge in [-0.05, 0) is 55.9 Å². The lowest BCUT2D eigenvalue weighted by molar-refractivity contribution is -0.166. The Morgan fingerprint density at radius 2 is 1.90 bits per heavy atom. The molecule has 0 aromatic heterocycles. The number of carbonyl (C=O) groups is 1. The van der Waals surface area contributed by atoms with Gasteiger partial charge in [-0.15, -0.1) is 0 Å². The van der Waals surface area contributed by atoms with Gasteiger partial charge in [-0.2, -0.15) is 8.42 Å². The molecule has 3 aliphatic rings. The topological polar surface area (TPSA) is 69.7 Å². The molecule has 6 heteroatoms. The second-order valence-corrected chi connectivity index (χ2v) is 11.0.